The van der Waals surface area contributed by atoms with Crippen LogP contribution in [0.15, 0.2) is 40.9 Å². The first-order chi connectivity index (χ1) is 9.78. The minimum Gasteiger partial charge on any atom is -0.294 e. The van der Waals surface area contributed by atoms with E-state index in [1.165, 1.54) is 0 Å². The van der Waals surface area contributed by atoms with Crippen LogP contribution in [0, 0.1) is 11.3 Å². The number of fused-ring (bicyclic) bond motifs is 1. The molecule has 1 unspecified atom stereocenters. The van der Waals surface area contributed by atoms with Crippen molar-refractivity contribution in [2.75, 3.05) is 0 Å². The molecule has 2 heteroatoms. The minimum atomic E-state index is 0.246. The molecule has 0 aliphatic carbocycles. The highest BCUT2D eigenvalue weighted by atomic mass is 79.9. The molecule has 112 valence electrons. The molecule has 1 nitrogen and oxygen atoms in total. The van der Waals surface area contributed by atoms with Crippen LogP contribution >= 0.6 is 15.9 Å². The summed E-state index contributed by atoms with van der Waals surface area (Å²) in [5.41, 5.74) is 1.11. The number of hydrogen-bond donors (Lipinski definition) is 0. The molecule has 0 saturated heterocycles. The molecular weight excluding hydrogens is 324 g/mol. The van der Waals surface area contributed by atoms with Crippen molar-refractivity contribution in [1.82, 2.24) is 0 Å². The highest BCUT2D eigenvalue weighted by Gasteiger charge is 2.19. The maximum absolute atomic E-state index is 12.7. The summed E-state index contributed by atoms with van der Waals surface area (Å²) in [4.78, 5) is 12.7. The van der Waals surface area contributed by atoms with Gasteiger partial charge in [-0.25, -0.2) is 0 Å². The fourth-order valence-electron chi connectivity index (χ4n) is 3.05. The minimum absolute atomic E-state index is 0.246. The quantitative estimate of drug-likeness (QED) is 0.598. The summed E-state index contributed by atoms with van der Waals surface area (Å²) in [6.45, 7) is 8.85. The smallest absolute Gasteiger partial charge is 0.163 e. The Kier molecular flexibility index (Phi) is 4.88. The maximum atomic E-state index is 12.7. The van der Waals surface area contributed by atoms with Crippen molar-refractivity contribution in [3.05, 3.63) is 46.4 Å². The molecule has 2 rings (SSSR count). The van der Waals surface area contributed by atoms with E-state index in [1.807, 2.05) is 30.3 Å². The van der Waals surface area contributed by atoms with Crippen LogP contribution in [0.1, 0.15) is 50.9 Å². The molecule has 0 spiro atoms. The van der Waals surface area contributed by atoms with Crippen LogP contribution in [-0.2, 0) is 0 Å². The standard InChI is InChI=1S/C19H23BrO/c1-13(12-19(2,3)4)11-18(21)16-9-10-17(20)15-8-6-5-7-14(15)16/h5-10,13H,11-12H2,1-4H3. The van der Waals surface area contributed by atoms with Gasteiger partial charge in [-0.3, -0.25) is 4.79 Å². The zero-order valence-electron chi connectivity index (χ0n) is 13.2. The third kappa shape index (κ3) is 4.16. The van der Waals surface area contributed by atoms with E-state index in [2.05, 4.69) is 49.7 Å². The van der Waals surface area contributed by atoms with Gasteiger partial charge in [0.1, 0.15) is 0 Å². The molecule has 0 saturated carbocycles. The molecule has 0 radical (unpaired) electrons. The van der Waals surface area contributed by atoms with Crippen molar-refractivity contribution in [3.63, 3.8) is 0 Å². The molecule has 0 bridgehead atoms. The number of rotatable bonds is 4. The summed E-state index contributed by atoms with van der Waals surface area (Å²) in [5, 5.41) is 2.15. The lowest BCUT2D eigenvalue weighted by Gasteiger charge is -2.22. The monoisotopic (exact) mass is 346 g/mol. The van der Waals surface area contributed by atoms with Crippen LogP contribution in [0.5, 0.6) is 0 Å². The second-order valence-electron chi connectivity index (χ2n) is 7.14. The van der Waals surface area contributed by atoms with Crippen molar-refractivity contribution in [2.24, 2.45) is 11.3 Å². The fourth-order valence-corrected chi connectivity index (χ4v) is 3.53. The van der Waals surface area contributed by atoms with Gasteiger partial charge >= 0.3 is 0 Å². The van der Waals surface area contributed by atoms with Crippen molar-refractivity contribution < 1.29 is 4.79 Å². The van der Waals surface area contributed by atoms with Gasteiger partial charge in [-0.1, -0.05) is 67.9 Å². The van der Waals surface area contributed by atoms with E-state index >= 15 is 0 Å². The molecule has 0 N–H and O–H groups in total. The van der Waals surface area contributed by atoms with Crippen molar-refractivity contribution in [1.29, 1.82) is 0 Å². The van der Waals surface area contributed by atoms with E-state index in [1.54, 1.807) is 0 Å². The third-order valence-electron chi connectivity index (χ3n) is 3.67. The van der Waals surface area contributed by atoms with E-state index < -0.39 is 0 Å². The van der Waals surface area contributed by atoms with Crippen LogP contribution in [0.2, 0.25) is 0 Å². The SMILES string of the molecule is CC(CC(=O)c1ccc(Br)c2ccccc12)CC(C)(C)C. The average Bonchev–Trinajstić information content (AvgIpc) is 2.37. The molecular formula is C19H23BrO. The Balaban J connectivity index is 2.26. The van der Waals surface area contributed by atoms with Crippen LogP contribution in [0.4, 0.5) is 0 Å². The zero-order valence-corrected chi connectivity index (χ0v) is 14.8. The van der Waals surface area contributed by atoms with Gasteiger partial charge in [-0.05, 0) is 40.7 Å². The second-order valence-corrected chi connectivity index (χ2v) is 7.99. The van der Waals surface area contributed by atoms with Crippen LogP contribution in [0.3, 0.4) is 0 Å². The molecule has 2 aromatic rings. The number of ketones is 1. The Morgan fingerprint density at radius 2 is 1.71 bits per heavy atom. The number of Topliss-reactive ketones (excluding diaryl/α,β-unsaturated/α-hetero) is 1. The van der Waals surface area contributed by atoms with Gasteiger partial charge < -0.3 is 0 Å². The Morgan fingerprint density at radius 3 is 2.33 bits per heavy atom. The van der Waals surface area contributed by atoms with E-state index in [9.17, 15) is 4.79 Å². The number of carbonyl (C=O) groups is 1. The number of hydrogen-bond acceptors (Lipinski definition) is 1. The normalized spacial score (nSPS) is 13.4. The summed E-state index contributed by atoms with van der Waals surface area (Å²) in [5.74, 6) is 0.648. The lowest BCUT2D eigenvalue weighted by atomic mass is 9.82. The lowest BCUT2D eigenvalue weighted by Crippen LogP contribution is -2.14. The first-order valence-electron chi connectivity index (χ1n) is 7.48. The summed E-state index contributed by atoms with van der Waals surface area (Å²) < 4.78 is 1.04. The van der Waals surface area contributed by atoms with E-state index in [0.717, 1.165) is 27.2 Å². The summed E-state index contributed by atoms with van der Waals surface area (Å²) in [7, 11) is 0. The van der Waals surface area contributed by atoms with Gasteiger partial charge in [-0.15, -0.1) is 0 Å². The van der Waals surface area contributed by atoms with Gasteiger partial charge in [0, 0.05) is 16.5 Å². The lowest BCUT2D eigenvalue weighted by molar-refractivity contribution is 0.0956. The molecule has 0 amide bonds. The molecule has 0 heterocycles. The topological polar surface area (TPSA) is 17.1 Å². The summed E-state index contributed by atoms with van der Waals surface area (Å²) in [6, 6.07) is 12.0. The van der Waals surface area contributed by atoms with Gasteiger partial charge in [0.2, 0.25) is 0 Å². The molecule has 0 aliphatic heterocycles. The summed E-state index contributed by atoms with van der Waals surface area (Å²) in [6.07, 6.45) is 1.68. The number of halogens is 1. The van der Waals surface area contributed by atoms with Gasteiger partial charge in [0.05, 0.1) is 0 Å². The summed E-state index contributed by atoms with van der Waals surface area (Å²) >= 11 is 3.56. The molecule has 0 aromatic heterocycles. The highest BCUT2D eigenvalue weighted by Crippen LogP contribution is 2.30. The molecule has 2 aromatic carbocycles. The van der Waals surface area contributed by atoms with Crippen molar-refractivity contribution >= 4 is 32.5 Å². The number of carbonyl (C=O) groups excluding carboxylic acids is 1. The van der Waals surface area contributed by atoms with Crippen LogP contribution < -0.4 is 0 Å². The third-order valence-corrected chi connectivity index (χ3v) is 4.36. The van der Waals surface area contributed by atoms with E-state index in [0.29, 0.717) is 12.3 Å². The largest absolute Gasteiger partial charge is 0.294 e. The van der Waals surface area contributed by atoms with Crippen molar-refractivity contribution in [2.45, 2.75) is 40.5 Å². The predicted molar refractivity (Wildman–Crippen MR) is 93.8 cm³/mol. The van der Waals surface area contributed by atoms with Gasteiger partial charge in [-0.2, -0.15) is 0 Å². The maximum Gasteiger partial charge on any atom is 0.163 e. The average molecular weight is 347 g/mol. The Morgan fingerprint density at radius 1 is 1.10 bits per heavy atom. The zero-order chi connectivity index (χ0) is 15.6. The molecule has 1 atom stereocenters. The molecule has 0 fully saturated rings. The first kappa shape index (κ1) is 16.2. The Bertz CT molecular complexity index is 652. The Hall–Kier alpha value is -1.15. The highest BCUT2D eigenvalue weighted by molar-refractivity contribution is 9.10. The number of benzene rings is 2. The second kappa shape index (κ2) is 6.31. The van der Waals surface area contributed by atoms with E-state index in [-0.39, 0.29) is 11.2 Å². The van der Waals surface area contributed by atoms with Crippen LogP contribution in [0.25, 0.3) is 10.8 Å². The van der Waals surface area contributed by atoms with E-state index in [4.69, 9.17) is 0 Å². The van der Waals surface area contributed by atoms with Gasteiger partial charge in [0.25, 0.3) is 0 Å². The van der Waals surface area contributed by atoms with Gasteiger partial charge in [0.15, 0.2) is 5.78 Å². The first-order valence-corrected chi connectivity index (χ1v) is 8.28. The Labute approximate surface area is 135 Å². The van der Waals surface area contributed by atoms with Crippen LogP contribution in [-0.4, -0.2) is 5.78 Å². The van der Waals surface area contributed by atoms with Crippen molar-refractivity contribution in [3.8, 4) is 0 Å². The predicted octanol–water partition coefficient (Wildman–Crippen LogP) is 6.25. The fraction of sp³-hybridized carbons (Fsp3) is 0.421. The molecule has 0 aliphatic rings. The molecule has 21 heavy (non-hydrogen) atoms.